The first-order valence-electron chi connectivity index (χ1n) is 7.70. The molecule has 0 radical (unpaired) electrons. The lowest BCUT2D eigenvalue weighted by molar-refractivity contribution is -0.145. The Kier molecular flexibility index (Phi) is 4.72. The minimum absolute atomic E-state index is 0.184. The molecule has 1 saturated heterocycles. The molecule has 5 nitrogen and oxygen atoms in total. The molecule has 20 heavy (non-hydrogen) atoms. The van der Waals surface area contributed by atoms with E-state index in [9.17, 15) is 9.90 Å². The van der Waals surface area contributed by atoms with Crippen molar-refractivity contribution in [3.05, 3.63) is 0 Å². The van der Waals surface area contributed by atoms with Gasteiger partial charge in [-0.1, -0.05) is 0 Å². The van der Waals surface area contributed by atoms with Crippen LogP contribution in [0.3, 0.4) is 0 Å². The Morgan fingerprint density at radius 2 is 2.15 bits per heavy atom. The van der Waals surface area contributed by atoms with Gasteiger partial charge >= 0.3 is 5.97 Å². The van der Waals surface area contributed by atoms with Gasteiger partial charge in [0.25, 0.3) is 0 Å². The lowest BCUT2D eigenvalue weighted by atomic mass is 9.95. The molecule has 0 aromatic rings. The predicted molar refractivity (Wildman–Crippen MR) is 77.9 cm³/mol. The van der Waals surface area contributed by atoms with Gasteiger partial charge in [-0.3, -0.25) is 15.0 Å². The second-order valence-corrected chi connectivity index (χ2v) is 6.68. The number of likely N-dealkylation sites (N-methyl/N-ethyl adjacent to an activating group) is 1. The first-order valence-corrected chi connectivity index (χ1v) is 7.70. The minimum Gasteiger partial charge on any atom is -0.480 e. The number of rotatable bonds is 5. The number of ether oxygens (including phenoxy) is 1. The van der Waals surface area contributed by atoms with Crippen molar-refractivity contribution >= 4 is 5.97 Å². The number of carboxylic acids is 1. The average molecular weight is 284 g/mol. The molecule has 4 atom stereocenters. The first-order chi connectivity index (χ1) is 9.35. The fraction of sp³-hybridized carbons (Fsp3) is 0.933. The zero-order valence-corrected chi connectivity index (χ0v) is 13.1. The number of carbonyl (C=O) groups is 1. The highest BCUT2D eigenvalue weighted by atomic mass is 16.5. The van der Waals surface area contributed by atoms with E-state index in [1.165, 1.54) is 0 Å². The van der Waals surface area contributed by atoms with Crippen LogP contribution in [-0.2, 0) is 9.53 Å². The number of aliphatic carboxylic acids is 1. The minimum atomic E-state index is -0.754. The van der Waals surface area contributed by atoms with Gasteiger partial charge in [0.15, 0.2) is 0 Å². The van der Waals surface area contributed by atoms with Crippen LogP contribution in [0.15, 0.2) is 0 Å². The van der Waals surface area contributed by atoms with Crippen LogP contribution in [-0.4, -0.2) is 59.4 Å². The summed E-state index contributed by atoms with van der Waals surface area (Å²) in [7, 11) is 2.12. The zero-order valence-electron chi connectivity index (χ0n) is 13.1. The van der Waals surface area contributed by atoms with E-state index >= 15 is 0 Å². The molecule has 1 saturated carbocycles. The fourth-order valence-electron chi connectivity index (χ4n) is 3.83. The number of nitrogens with one attached hydrogen (secondary N) is 1. The van der Waals surface area contributed by atoms with Crippen LogP contribution in [0.4, 0.5) is 0 Å². The maximum absolute atomic E-state index is 11.7. The summed E-state index contributed by atoms with van der Waals surface area (Å²) >= 11 is 0. The molecule has 2 fully saturated rings. The third kappa shape index (κ3) is 3.00. The van der Waals surface area contributed by atoms with Crippen molar-refractivity contribution in [3.63, 3.8) is 0 Å². The Balaban J connectivity index is 2.04. The van der Waals surface area contributed by atoms with Crippen LogP contribution in [0.5, 0.6) is 0 Å². The van der Waals surface area contributed by atoms with Crippen molar-refractivity contribution < 1.29 is 14.6 Å². The summed E-state index contributed by atoms with van der Waals surface area (Å²) in [4.78, 5) is 14.1. The summed E-state index contributed by atoms with van der Waals surface area (Å²) in [6.07, 6.45) is 3.62. The third-order valence-corrected chi connectivity index (χ3v) is 4.90. The molecule has 1 aliphatic heterocycles. The van der Waals surface area contributed by atoms with E-state index in [-0.39, 0.29) is 12.1 Å². The Morgan fingerprint density at radius 1 is 1.45 bits per heavy atom. The molecule has 0 aromatic carbocycles. The van der Waals surface area contributed by atoms with Crippen LogP contribution in [0.2, 0.25) is 0 Å². The lowest BCUT2D eigenvalue weighted by Crippen LogP contribution is -2.54. The molecular formula is C15H28N2O3. The summed E-state index contributed by atoms with van der Waals surface area (Å²) in [5.41, 5.74) is -0.754. The highest BCUT2D eigenvalue weighted by molar-refractivity contribution is 5.79. The Bertz CT molecular complexity index is 361. The van der Waals surface area contributed by atoms with E-state index in [4.69, 9.17) is 4.74 Å². The quantitative estimate of drug-likeness (QED) is 0.800. The average Bonchev–Trinajstić information content (AvgIpc) is 2.95. The van der Waals surface area contributed by atoms with Gasteiger partial charge in [0.1, 0.15) is 5.54 Å². The summed E-state index contributed by atoms with van der Waals surface area (Å²) in [5.74, 6) is -0.710. The SMILES string of the molecule is CC(C)NC1(C(=O)O)CCC(N(C)C2CCOC2C)C1. The molecule has 0 aromatic heterocycles. The summed E-state index contributed by atoms with van der Waals surface area (Å²) in [6, 6.07) is 0.930. The van der Waals surface area contributed by atoms with Crippen molar-refractivity contribution in [2.45, 2.75) is 76.2 Å². The number of nitrogens with zero attached hydrogens (tertiary/aromatic N) is 1. The monoisotopic (exact) mass is 284 g/mol. The predicted octanol–water partition coefficient (Wildman–Crippen LogP) is 1.47. The Morgan fingerprint density at radius 3 is 2.65 bits per heavy atom. The van der Waals surface area contributed by atoms with Gasteiger partial charge in [0.05, 0.1) is 6.10 Å². The van der Waals surface area contributed by atoms with Gasteiger partial charge in [-0.05, 0) is 53.5 Å². The first kappa shape index (κ1) is 15.7. The zero-order chi connectivity index (χ0) is 14.9. The van der Waals surface area contributed by atoms with Gasteiger partial charge in [-0.2, -0.15) is 0 Å². The molecule has 0 bridgehead atoms. The van der Waals surface area contributed by atoms with Crippen molar-refractivity contribution in [3.8, 4) is 0 Å². The van der Waals surface area contributed by atoms with E-state index in [0.717, 1.165) is 19.4 Å². The van der Waals surface area contributed by atoms with Gasteiger partial charge in [-0.25, -0.2) is 0 Å². The molecular weight excluding hydrogens is 256 g/mol. The summed E-state index contributed by atoms with van der Waals surface area (Å²) in [6.45, 7) is 6.94. The largest absolute Gasteiger partial charge is 0.480 e. The highest BCUT2D eigenvalue weighted by Gasteiger charge is 2.48. The Hall–Kier alpha value is -0.650. The van der Waals surface area contributed by atoms with E-state index in [1.54, 1.807) is 0 Å². The molecule has 2 rings (SSSR count). The van der Waals surface area contributed by atoms with E-state index < -0.39 is 11.5 Å². The van der Waals surface area contributed by atoms with Gasteiger partial charge in [0, 0.05) is 24.7 Å². The molecule has 1 heterocycles. The van der Waals surface area contributed by atoms with Crippen molar-refractivity contribution in [2.24, 2.45) is 0 Å². The molecule has 4 unspecified atom stereocenters. The van der Waals surface area contributed by atoms with Gasteiger partial charge in [-0.15, -0.1) is 0 Å². The number of hydrogen-bond acceptors (Lipinski definition) is 4. The number of hydrogen-bond donors (Lipinski definition) is 2. The normalized spacial score (nSPS) is 38.0. The van der Waals surface area contributed by atoms with E-state index in [0.29, 0.717) is 24.9 Å². The maximum atomic E-state index is 11.7. The summed E-state index contributed by atoms with van der Waals surface area (Å²) < 4.78 is 5.64. The molecule has 0 amide bonds. The fourth-order valence-corrected chi connectivity index (χ4v) is 3.83. The number of carboxylic acid groups (broad SMARTS) is 1. The molecule has 116 valence electrons. The van der Waals surface area contributed by atoms with Crippen molar-refractivity contribution in [2.75, 3.05) is 13.7 Å². The van der Waals surface area contributed by atoms with Crippen LogP contribution in [0, 0.1) is 0 Å². The summed E-state index contributed by atoms with van der Waals surface area (Å²) in [5, 5.41) is 12.9. The maximum Gasteiger partial charge on any atom is 0.323 e. The molecule has 2 aliphatic rings. The molecule has 2 N–H and O–H groups in total. The highest BCUT2D eigenvalue weighted by Crippen LogP contribution is 2.35. The second kappa shape index (κ2) is 6.00. The topological polar surface area (TPSA) is 61.8 Å². The van der Waals surface area contributed by atoms with Crippen LogP contribution in [0.25, 0.3) is 0 Å². The van der Waals surface area contributed by atoms with E-state index in [2.05, 4.69) is 24.2 Å². The second-order valence-electron chi connectivity index (χ2n) is 6.68. The lowest BCUT2D eigenvalue weighted by Gasteiger charge is -2.34. The van der Waals surface area contributed by atoms with Crippen LogP contribution < -0.4 is 5.32 Å². The van der Waals surface area contributed by atoms with Gasteiger partial charge in [0.2, 0.25) is 0 Å². The van der Waals surface area contributed by atoms with E-state index in [1.807, 2.05) is 13.8 Å². The molecule has 5 heteroatoms. The van der Waals surface area contributed by atoms with Crippen LogP contribution >= 0.6 is 0 Å². The van der Waals surface area contributed by atoms with Crippen molar-refractivity contribution in [1.29, 1.82) is 0 Å². The van der Waals surface area contributed by atoms with Gasteiger partial charge < -0.3 is 9.84 Å². The van der Waals surface area contributed by atoms with Crippen molar-refractivity contribution in [1.82, 2.24) is 10.2 Å². The smallest absolute Gasteiger partial charge is 0.323 e. The van der Waals surface area contributed by atoms with Crippen LogP contribution in [0.1, 0.15) is 46.5 Å². The standard InChI is InChI=1S/C15H28N2O3/c1-10(2)16-15(14(18)19)7-5-12(9-15)17(4)13-6-8-20-11(13)3/h10-13,16H,5-9H2,1-4H3,(H,18,19). The molecule has 0 spiro atoms. The third-order valence-electron chi connectivity index (χ3n) is 4.90. The Labute approximate surface area is 121 Å². The molecule has 1 aliphatic carbocycles.